The number of hydrogen-bond donors (Lipinski definition) is 0. The summed E-state index contributed by atoms with van der Waals surface area (Å²) in [4.78, 5) is 1.90. The second kappa shape index (κ2) is 6.33. The lowest BCUT2D eigenvalue weighted by Gasteiger charge is -2.17. The zero-order valence-corrected chi connectivity index (χ0v) is 12.7. The number of hydrogen-bond acceptors (Lipinski definition) is 6. The first kappa shape index (κ1) is 15.4. The second-order valence-corrected chi connectivity index (χ2v) is 5.20. The molecule has 0 unspecified atom stereocenters. The average molecular weight is 341 g/mol. The van der Waals surface area contributed by atoms with Gasteiger partial charge in [-0.25, -0.2) is 0 Å². The molecule has 0 bridgehead atoms. The molecule has 2 heterocycles. The molecule has 0 N–H and O–H groups in total. The summed E-state index contributed by atoms with van der Waals surface area (Å²) in [6.07, 6.45) is -2.82. The molecular weight excluding hydrogens is 330 g/mol. The van der Waals surface area contributed by atoms with Crippen molar-refractivity contribution < 1.29 is 17.7 Å². The number of halogens is 3. The van der Waals surface area contributed by atoms with E-state index >= 15 is 0 Å². The first-order valence-electron chi connectivity index (χ1n) is 6.57. The van der Waals surface area contributed by atoms with Gasteiger partial charge in [0.2, 0.25) is 0 Å². The average Bonchev–Trinajstić information content (AvgIpc) is 3.15. The zero-order chi connectivity index (χ0) is 16.4. The highest BCUT2D eigenvalue weighted by molar-refractivity contribution is 6.30. The maximum Gasteiger partial charge on any atom is 0.314 e. The van der Waals surface area contributed by atoms with E-state index in [1.807, 2.05) is 30.1 Å². The van der Waals surface area contributed by atoms with Gasteiger partial charge in [-0.3, -0.25) is 0 Å². The molecular formula is C14H11ClF2N4O2. The highest BCUT2D eigenvalue weighted by Crippen LogP contribution is 2.24. The quantitative estimate of drug-likeness (QED) is 0.700. The third kappa shape index (κ3) is 3.48. The predicted molar refractivity (Wildman–Crippen MR) is 78.3 cm³/mol. The fraction of sp³-hybridized carbons (Fsp3) is 0.214. The summed E-state index contributed by atoms with van der Waals surface area (Å²) in [5, 5.41) is 11.1. The van der Waals surface area contributed by atoms with Gasteiger partial charge < -0.3 is 13.8 Å². The Morgan fingerprint density at radius 1 is 1.26 bits per heavy atom. The van der Waals surface area contributed by atoms with E-state index in [-0.39, 0.29) is 11.6 Å². The number of benzene rings is 1. The summed E-state index contributed by atoms with van der Waals surface area (Å²) < 4.78 is 34.9. The summed E-state index contributed by atoms with van der Waals surface area (Å²) in [7, 11) is 1.86. The van der Waals surface area contributed by atoms with Crippen LogP contribution >= 0.6 is 11.6 Å². The third-order valence-corrected chi connectivity index (χ3v) is 3.28. The van der Waals surface area contributed by atoms with Gasteiger partial charge in [0.05, 0.1) is 6.54 Å². The molecule has 0 aliphatic carbocycles. The largest absolute Gasteiger partial charge is 0.413 e. The standard InChI is InChI=1S/C14H11ClF2N4O2/c1-21(9-4-2-3-8(15)5-9)7-10-6-11(20-23-10)13-18-19-14(22-13)12(16)17/h2-6,12H,7H2,1H3. The minimum Gasteiger partial charge on any atom is -0.413 e. The van der Waals surface area contributed by atoms with Crippen LogP contribution in [-0.4, -0.2) is 22.4 Å². The maximum atomic E-state index is 12.4. The Morgan fingerprint density at radius 3 is 2.78 bits per heavy atom. The molecule has 2 aromatic heterocycles. The molecule has 1 aromatic carbocycles. The first-order valence-corrected chi connectivity index (χ1v) is 6.95. The molecule has 0 aliphatic heterocycles. The molecule has 0 saturated heterocycles. The van der Waals surface area contributed by atoms with Crippen LogP contribution in [0.1, 0.15) is 18.1 Å². The van der Waals surface area contributed by atoms with Gasteiger partial charge in [0, 0.05) is 23.8 Å². The van der Waals surface area contributed by atoms with Crippen LogP contribution in [0.15, 0.2) is 39.3 Å². The molecule has 0 atom stereocenters. The molecule has 3 rings (SSSR count). The monoisotopic (exact) mass is 340 g/mol. The lowest BCUT2D eigenvalue weighted by Crippen LogP contribution is -2.15. The van der Waals surface area contributed by atoms with Crippen molar-refractivity contribution in [1.82, 2.24) is 15.4 Å². The van der Waals surface area contributed by atoms with E-state index < -0.39 is 12.3 Å². The van der Waals surface area contributed by atoms with Crippen LogP contribution < -0.4 is 4.90 Å². The Kier molecular flexibility index (Phi) is 4.24. The number of aromatic nitrogens is 3. The molecule has 0 amide bonds. The smallest absolute Gasteiger partial charge is 0.314 e. The first-order chi connectivity index (χ1) is 11.0. The number of alkyl halides is 2. The molecule has 3 aromatic rings. The van der Waals surface area contributed by atoms with E-state index in [1.54, 1.807) is 12.1 Å². The van der Waals surface area contributed by atoms with E-state index in [1.165, 1.54) is 0 Å². The highest BCUT2D eigenvalue weighted by atomic mass is 35.5. The zero-order valence-electron chi connectivity index (χ0n) is 11.9. The van der Waals surface area contributed by atoms with Gasteiger partial charge >= 0.3 is 6.43 Å². The molecule has 0 spiro atoms. The van der Waals surface area contributed by atoms with Crippen LogP contribution in [0.5, 0.6) is 0 Å². The van der Waals surface area contributed by atoms with Crippen molar-refractivity contribution in [3.05, 3.63) is 47.0 Å². The van der Waals surface area contributed by atoms with Gasteiger partial charge in [-0.15, -0.1) is 10.2 Å². The second-order valence-electron chi connectivity index (χ2n) is 4.76. The number of nitrogens with zero attached hydrogens (tertiary/aromatic N) is 4. The van der Waals surface area contributed by atoms with Crippen LogP contribution in [0.3, 0.4) is 0 Å². The van der Waals surface area contributed by atoms with Crippen molar-refractivity contribution in [3.8, 4) is 11.6 Å². The van der Waals surface area contributed by atoms with E-state index in [4.69, 9.17) is 20.5 Å². The summed E-state index contributed by atoms with van der Waals surface area (Å²) in [5.41, 5.74) is 1.10. The lowest BCUT2D eigenvalue weighted by atomic mass is 10.3. The Morgan fingerprint density at radius 2 is 2.09 bits per heavy atom. The van der Waals surface area contributed by atoms with Crippen LogP contribution in [0.2, 0.25) is 5.02 Å². The van der Waals surface area contributed by atoms with Crippen molar-refractivity contribution in [2.75, 3.05) is 11.9 Å². The molecule has 0 radical (unpaired) electrons. The van der Waals surface area contributed by atoms with Crippen molar-refractivity contribution in [1.29, 1.82) is 0 Å². The number of anilines is 1. The Hall–Kier alpha value is -2.48. The van der Waals surface area contributed by atoms with Crippen LogP contribution in [0, 0.1) is 0 Å². The van der Waals surface area contributed by atoms with Gasteiger partial charge in [-0.2, -0.15) is 8.78 Å². The van der Waals surface area contributed by atoms with Crippen molar-refractivity contribution in [3.63, 3.8) is 0 Å². The third-order valence-electron chi connectivity index (χ3n) is 3.05. The van der Waals surface area contributed by atoms with Crippen molar-refractivity contribution >= 4 is 17.3 Å². The topological polar surface area (TPSA) is 68.2 Å². The molecule has 23 heavy (non-hydrogen) atoms. The SMILES string of the molecule is CN(Cc1cc(-c2nnc(C(F)F)o2)no1)c1cccc(Cl)c1. The minimum atomic E-state index is -2.82. The summed E-state index contributed by atoms with van der Waals surface area (Å²) >= 11 is 5.95. The molecule has 0 saturated carbocycles. The van der Waals surface area contributed by atoms with Crippen molar-refractivity contribution in [2.24, 2.45) is 0 Å². The fourth-order valence-electron chi connectivity index (χ4n) is 1.95. The summed E-state index contributed by atoms with van der Waals surface area (Å²) in [6, 6.07) is 8.89. The van der Waals surface area contributed by atoms with Crippen LogP contribution in [-0.2, 0) is 6.54 Å². The molecule has 0 fully saturated rings. The van der Waals surface area contributed by atoms with Crippen LogP contribution in [0.25, 0.3) is 11.6 Å². The van der Waals surface area contributed by atoms with Gasteiger partial charge in [0.15, 0.2) is 11.5 Å². The van der Waals surface area contributed by atoms with Gasteiger partial charge in [0.25, 0.3) is 11.8 Å². The number of rotatable bonds is 5. The fourth-order valence-corrected chi connectivity index (χ4v) is 2.14. The Labute approximate surface area is 134 Å². The minimum absolute atomic E-state index is 0.110. The summed E-state index contributed by atoms with van der Waals surface area (Å²) in [5.74, 6) is -0.347. The molecule has 120 valence electrons. The molecule has 6 nitrogen and oxygen atoms in total. The van der Waals surface area contributed by atoms with Crippen LogP contribution in [0.4, 0.5) is 14.5 Å². The van der Waals surface area contributed by atoms with E-state index in [0.29, 0.717) is 17.3 Å². The summed E-state index contributed by atoms with van der Waals surface area (Å²) in [6.45, 7) is 0.406. The van der Waals surface area contributed by atoms with E-state index in [9.17, 15) is 8.78 Å². The van der Waals surface area contributed by atoms with Crippen molar-refractivity contribution in [2.45, 2.75) is 13.0 Å². The maximum absolute atomic E-state index is 12.4. The molecule has 9 heteroatoms. The lowest BCUT2D eigenvalue weighted by molar-refractivity contribution is 0.116. The normalized spacial score (nSPS) is 11.2. The predicted octanol–water partition coefficient (Wildman–Crippen LogP) is 3.95. The van der Waals surface area contributed by atoms with Gasteiger partial charge in [-0.05, 0) is 18.2 Å². The van der Waals surface area contributed by atoms with E-state index in [0.717, 1.165) is 5.69 Å². The van der Waals surface area contributed by atoms with Gasteiger partial charge in [0.1, 0.15) is 0 Å². The Balaban J connectivity index is 1.74. The highest BCUT2D eigenvalue weighted by Gasteiger charge is 2.19. The Bertz CT molecular complexity index is 805. The van der Waals surface area contributed by atoms with E-state index in [2.05, 4.69) is 15.4 Å². The molecule has 0 aliphatic rings. The van der Waals surface area contributed by atoms with Gasteiger partial charge in [-0.1, -0.05) is 22.8 Å².